The topological polar surface area (TPSA) is 26.3 Å². The Morgan fingerprint density at radius 1 is 1.55 bits per heavy atom. The van der Waals surface area contributed by atoms with Crippen LogP contribution >= 0.6 is 11.6 Å². The van der Waals surface area contributed by atoms with Gasteiger partial charge in [-0.2, -0.15) is 0 Å². The molecular formula is C7H4ClFO2. The number of para-hydroxylation sites is 1. The maximum atomic E-state index is 12.7. The SMILES string of the molecule is O=COc1c(F)cccc1Cl. The zero-order chi connectivity index (χ0) is 8.27. The molecule has 11 heavy (non-hydrogen) atoms. The molecule has 1 rings (SSSR count). The minimum absolute atomic E-state index is 0.0806. The van der Waals surface area contributed by atoms with Crippen LogP contribution in [-0.4, -0.2) is 6.47 Å². The second kappa shape index (κ2) is 3.34. The highest BCUT2D eigenvalue weighted by atomic mass is 35.5. The smallest absolute Gasteiger partial charge is 0.298 e. The molecule has 0 bridgehead atoms. The number of benzene rings is 1. The minimum Gasteiger partial charge on any atom is -0.424 e. The zero-order valence-electron chi connectivity index (χ0n) is 5.38. The Morgan fingerprint density at radius 3 is 2.82 bits per heavy atom. The second-order valence-corrected chi connectivity index (χ2v) is 2.17. The molecule has 1 aromatic carbocycles. The van der Waals surface area contributed by atoms with Crippen molar-refractivity contribution in [2.75, 3.05) is 0 Å². The van der Waals surface area contributed by atoms with E-state index >= 15 is 0 Å². The summed E-state index contributed by atoms with van der Waals surface area (Å²) in [5.74, 6) is -0.881. The molecule has 0 aromatic heterocycles. The molecule has 0 unspecified atom stereocenters. The largest absolute Gasteiger partial charge is 0.424 e. The van der Waals surface area contributed by atoms with E-state index in [-0.39, 0.29) is 17.2 Å². The monoisotopic (exact) mass is 174 g/mol. The van der Waals surface area contributed by atoms with Crippen LogP contribution in [0.4, 0.5) is 4.39 Å². The van der Waals surface area contributed by atoms with Crippen LogP contribution in [0.5, 0.6) is 5.75 Å². The lowest BCUT2D eigenvalue weighted by molar-refractivity contribution is -0.120. The Hall–Kier alpha value is -1.09. The van der Waals surface area contributed by atoms with Crippen molar-refractivity contribution in [1.29, 1.82) is 0 Å². The average molecular weight is 175 g/mol. The van der Waals surface area contributed by atoms with Gasteiger partial charge in [-0.1, -0.05) is 17.7 Å². The van der Waals surface area contributed by atoms with Crippen LogP contribution in [0.1, 0.15) is 0 Å². The molecule has 0 aliphatic heterocycles. The standard InChI is InChI=1S/C7H4ClFO2/c8-5-2-1-3-6(9)7(5)11-4-10/h1-4H. The first-order valence-electron chi connectivity index (χ1n) is 2.80. The van der Waals surface area contributed by atoms with Crippen LogP contribution in [0.3, 0.4) is 0 Å². The average Bonchev–Trinajstić information content (AvgIpc) is 1.97. The van der Waals surface area contributed by atoms with Crippen molar-refractivity contribution < 1.29 is 13.9 Å². The fourth-order valence-electron chi connectivity index (χ4n) is 0.643. The van der Waals surface area contributed by atoms with Gasteiger partial charge in [0.05, 0.1) is 5.02 Å². The van der Waals surface area contributed by atoms with Crippen LogP contribution in [0.25, 0.3) is 0 Å². The molecule has 0 heterocycles. The number of halogens is 2. The third kappa shape index (κ3) is 1.68. The van der Waals surface area contributed by atoms with E-state index in [0.717, 1.165) is 6.07 Å². The maximum Gasteiger partial charge on any atom is 0.298 e. The predicted octanol–water partition coefficient (Wildman–Crippen LogP) is 2.01. The van der Waals surface area contributed by atoms with Gasteiger partial charge in [0.1, 0.15) is 0 Å². The quantitative estimate of drug-likeness (QED) is 0.642. The highest BCUT2D eigenvalue weighted by Crippen LogP contribution is 2.26. The van der Waals surface area contributed by atoms with Gasteiger partial charge < -0.3 is 4.74 Å². The summed E-state index contributed by atoms with van der Waals surface area (Å²) in [7, 11) is 0. The number of hydrogen-bond donors (Lipinski definition) is 0. The van der Waals surface area contributed by atoms with Crippen LogP contribution in [0.2, 0.25) is 5.02 Å². The molecule has 0 radical (unpaired) electrons. The number of hydrogen-bond acceptors (Lipinski definition) is 2. The summed E-state index contributed by atoms with van der Waals surface area (Å²) in [5, 5.41) is 0.0806. The molecule has 0 spiro atoms. The van der Waals surface area contributed by atoms with E-state index in [1.54, 1.807) is 0 Å². The second-order valence-electron chi connectivity index (χ2n) is 1.76. The molecule has 0 amide bonds. The zero-order valence-corrected chi connectivity index (χ0v) is 6.14. The van der Waals surface area contributed by atoms with Gasteiger partial charge in [-0.05, 0) is 12.1 Å². The number of carbonyl (C=O) groups excluding carboxylic acids is 1. The molecule has 0 fully saturated rings. The molecule has 1 aromatic rings. The summed E-state index contributed by atoms with van der Waals surface area (Å²) < 4.78 is 16.9. The number of ether oxygens (including phenoxy) is 1. The van der Waals surface area contributed by atoms with Crippen molar-refractivity contribution in [3.8, 4) is 5.75 Å². The third-order valence-electron chi connectivity index (χ3n) is 1.08. The van der Waals surface area contributed by atoms with Crippen molar-refractivity contribution in [3.05, 3.63) is 29.0 Å². The van der Waals surface area contributed by atoms with E-state index in [2.05, 4.69) is 4.74 Å². The van der Waals surface area contributed by atoms with Gasteiger partial charge in [0.25, 0.3) is 6.47 Å². The Kier molecular flexibility index (Phi) is 2.44. The Balaban J connectivity index is 3.09. The summed E-state index contributed by atoms with van der Waals surface area (Å²) in [4.78, 5) is 9.83. The molecule has 0 atom stereocenters. The fourth-order valence-corrected chi connectivity index (χ4v) is 0.851. The number of carbonyl (C=O) groups is 1. The predicted molar refractivity (Wildman–Crippen MR) is 38.1 cm³/mol. The molecule has 58 valence electrons. The lowest BCUT2D eigenvalue weighted by Crippen LogP contribution is -1.92. The molecule has 0 saturated carbocycles. The van der Waals surface area contributed by atoms with Gasteiger partial charge >= 0.3 is 0 Å². The Morgan fingerprint density at radius 2 is 2.27 bits per heavy atom. The van der Waals surface area contributed by atoms with Crippen LogP contribution < -0.4 is 4.74 Å². The molecule has 0 aliphatic rings. The molecule has 2 nitrogen and oxygen atoms in total. The Bertz CT molecular complexity index is 255. The van der Waals surface area contributed by atoms with Crippen molar-refractivity contribution in [1.82, 2.24) is 0 Å². The highest BCUT2D eigenvalue weighted by Gasteiger charge is 2.06. The fraction of sp³-hybridized carbons (Fsp3) is 0. The summed E-state index contributed by atoms with van der Waals surface area (Å²) in [5.41, 5.74) is 0. The van der Waals surface area contributed by atoms with Crippen molar-refractivity contribution in [2.45, 2.75) is 0 Å². The van der Waals surface area contributed by atoms with E-state index in [1.807, 2.05) is 0 Å². The van der Waals surface area contributed by atoms with Crippen molar-refractivity contribution >= 4 is 18.1 Å². The van der Waals surface area contributed by atoms with E-state index in [1.165, 1.54) is 12.1 Å². The first kappa shape index (κ1) is 8.01. The highest BCUT2D eigenvalue weighted by molar-refractivity contribution is 6.32. The lowest BCUT2D eigenvalue weighted by atomic mass is 10.3. The summed E-state index contributed by atoms with van der Waals surface area (Å²) >= 11 is 5.48. The minimum atomic E-state index is -0.649. The van der Waals surface area contributed by atoms with Gasteiger partial charge in [0.2, 0.25) is 0 Å². The number of rotatable bonds is 2. The van der Waals surface area contributed by atoms with E-state index in [0.29, 0.717) is 0 Å². The molecule has 4 heteroatoms. The Labute approximate surface area is 67.5 Å². The van der Waals surface area contributed by atoms with Crippen LogP contribution in [-0.2, 0) is 4.79 Å². The van der Waals surface area contributed by atoms with Crippen molar-refractivity contribution in [2.24, 2.45) is 0 Å². The van der Waals surface area contributed by atoms with Gasteiger partial charge in [0, 0.05) is 0 Å². The maximum absolute atomic E-state index is 12.7. The summed E-state index contributed by atoms with van der Waals surface area (Å²) in [6, 6.07) is 4.02. The first-order chi connectivity index (χ1) is 5.25. The molecule has 0 N–H and O–H groups in total. The van der Waals surface area contributed by atoms with E-state index in [9.17, 15) is 9.18 Å². The van der Waals surface area contributed by atoms with E-state index < -0.39 is 5.82 Å². The van der Waals surface area contributed by atoms with Crippen LogP contribution in [0.15, 0.2) is 18.2 Å². The van der Waals surface area contributed by atoms with Gasteiger partial charge in [-0.25, -0.2) is 4.39 Å². The normalized spacial score (nSPS) is 9.27. The summed E-state index contributed by atoms with van der Waals surface area (Å²) in [6.45, 7) is 0.129. The molecule has 0 saturated heterocycles. The van der Waals surface area contributed by atoms with Gasteiger partial charge in [-0.3, -0.25) is 4.79 Å². The third-order valence-corrected chi connectivity index (χ3v) is 1.38. The van der Waals surface area contributed by atoms with E-state index in [4.69, 9.17) is 11.6 Å². The lowest BCUT2D eigenvalue weighted by Gasteiger charge is -2.00. The van der Waals surface area contributed by atoms with Crippen molar-refractivity contribution in [3.63, 3.8) is 0 Å². The molecule has 0 aliphatic carbocycles. The first-order valence-corrected chi connectivity index (χ1v) is 3.18. The van der Waals surface area contributed by atoms with Gasteiger partial charge in [0.15, 0.2) is 11.6 Å². The van der Waals surface area contributed by atoms with Crippen LogP contribution in [0, 0.1) is 5.82 Å². The summed E-state index contributed by atoms with van der Waals surface area (Å²) in [6.07, 6.45) is 0. The molecular weight excluding hydrogens is 171 g/mol. The van der Waals surface area contributed by atoms with Gasteiger partial charge in [-0.15, -0.1) is 0 Å².